The number of aliphatic hydroxyl groups is 1. The van der Waals surface area contributed by atoms with Crippen molar-refractivity contribution in [2.75, 3.05) is 11.4 Å². The number of nitrogens with zero attached hydrogens (tertiary/aromatic N) is 3. The minimum Gasteiger partial charge on any atom is -0.390 e. The largest absolute Gasteiger partial charge is 0.390 e. The van der Waals surface area contributed by atoms with Crippen LogP contribution in [0.3, 0.4) is 0 Å². The molecule has 1 aliphatic rings. The number of para-hydroxylation sites is 1. The highest BCUT2D eigenvalue weighted by Gasteiger charge is 2.35. The maximum atomic E-state index is 12.3. The van der Waals surface area contributed by atoms with Crippen LogP contribution in [0.2, 0.25) is 0 Å². The standard InChI is InChI=1S/C15H18N4O2.C6H5F/c1-2-18-14-11(8-12(16)15(18)21)13(9-20)17-19(14)10-6-4-3-5-7-10;7-6-4-2-1-3-5-6/h3-7,12,20H,2,8-9,16H2,1H3;1-5H. The van der Waals surface area contributed by atoms with E-state index in [1.54, 1.807) is 27.8 Å². The van der Waals surface area contributed by atoms with E-state index in [-0.39, 0.29) is 18.3 Å². The molecule has 3 N–H and O–H groups in total. The van der Waals surface area contributed by atoms with Crippen molar-refractivity contribution in [1.29, 1.82) is 0 Å². The van der Waals surface area contributed by atoms with Crippen LogP contribution in [0.15, 0.2) is 60.7 Å². The predicted molar refractivity (Wildman–Crippen MR) is 106 cm³/mol. The number of aromatic nitrogens is 2. The molecule has 0 spiro atoms. The van der Waals surface area contributed by atoms with Gasteiger partial charge in [-0.2, -0.15) is 5.10 Å². The van der Waals surface area contributed by atoms with Crippen molar-refractivity contribution in [1.82, 2.24) is 9.78 Å². The third-order valence-electron chi connectivity index (χ3n) is 4.50. The highest BCUT2D eigenvalue weighted by molar-refractivity contribution is 5.99. The zero-order chi connectivity index (χ0) is 20.1. The number of hydrogen-bond donors (Lipinski definition) is 2. The van der Waals surface area contributed by atoms with Gasteiger partial charge in [0.25, 0.3) is 0 Å². The van der Waals surface area contributed by atoms with E-state index >= 15 is 0 Å². The number of likely N-dealkylation sites (N-methyl/N-ethyl adjacent to an activating group) is 1. The molecule has 0 fully saturated rings. The Morgan fingerprint density at radius 2 is 1.75 bits per heavy atom. The van der Waals surface area contributed by atoms with Crippen molar-refractivity contribution in [2.24, 2.45) is 5.73 Å². The van der Waals surface area contributed by atoms with E-state index < -0.39 is 6.04 Å². The van der Waals surface area contributed by atoms with Crippen LogP contribution in [0.5, 0.6) is 0 Å². The second kappa shape index (κ2) is 8.77. The SMILES string of the molecule is CCN1C(=O)C(N)Cc2c(CO)nn(-c3ccccc3)c21.Fc1ccccc1. The number of anilines is 1. The first-order valence-electron chi connectivity index (χ1n) is 9.11. The van der Waals surface area contributed by atoms with Gasteiger partial charge in [-0.05, 0) is 31.2 Å². The Kier molecular flexibility index (Phi) is 6.18. The number of rotatable bonds is 3. The molecule has 1 aromatic heterocycles. The molecule has 0 bridgehead atoms. The van der Waals surface area contributed by atoms with E-state index in [9.17, 15) is 14.3 Å². The molecule has 2 aromatic carbocycles. The van der Waals surface area contributed by atoms with Gasteiger partial charge in [0.15, 0.2) is 0 Å². The minimum atomic E-state index is -0.573. The normalized spacial score (nSPS) is 15.6. The Labute approximate surface area is 163 Å². The number of benzene rings is 2. The van der Waals surface area contributed by atoms with Crippen molar-refractivity contribution in [3.05, 3.63) is 77.7 Å². The fourth-order valence-corrected chi connectivity index (χ4v) is 3.18. The van der Waals surface area contributed by atoms with Gasteiger partial charge in [-0.1, -0.05) is 36.4 Å². The average molecular weight is 382 g/mol. The lowest BCUT2D eigenvalue weighted by Crippen LogP contribution is -2.49. The number of aliphatic hydroxyl groups excluding tert-OH is 1. The van der Waals surface area contributed by atoms with Crippen LogP contribution >= 0.6 is 0 Å². The van der Waals surface area contributed by atoms with E-state index in [1.165, 1.54) is 12.1 Å². The van der Waals surface area contributed by atoms with Crippen molar-refractivity contribution in [2.45, 2.75) is 26.0 Å². The average Bonchev–Trinajstić information content (AvgIpc) is 3.09. The molecule has 1 atom stereocenters. The summed E-state index contributed by atoms with van der Waals surface area (Å²) in [6.45, 7) is 2.25. The van der Waals surface area contributed by atoms with Gasteiger partial charge in [0.1, 0.15) is 11.6 Å². The fourth-order valence-electron chi connectivity index (χ4n) is 3.18. The van der Waals surface area contributed by atoms with Crippen molar-refractivity contribution in [3.63, 3.8) is 0 Å². The van der Waals surface area contributed by atoms with Gasteiger partial charge in [-0.3, -0.25) is 9.69 Å². The van der Waals surface area contributed by atoms with Crippen molar-refractivity contribution < 1.29 is 14.3 Å². The molecule has 0 radical (unpaired) electrons. The number of carbonyl (C=O) groups excluding carboxylic acids is 1. The number of halogens is 1. The van der Waals surface area contributed by atoms with Crippen molar-refractivity contribution in [3.8, 4) is 5.69 Å². The lowest BCUT2D eigenvalue weighted by molar-refractivity contribution is -0.120. The zero-order valence-corrected chi connectivity index (χ0v) is 15.6. The van der Waals surface area contributed by atoms with Gasteiger partial charge in [0, 0.05) is 18.5 Å². The summed E-state index contributed by atoms with van der Waals surface area (Å²) in [4.78, 5) is 13.9. The quantitative estimate of drug-likeness (QED) is 0.729. The topological polar surface area (TPSA) is 84.4 Å². The summed E-state index contributed by atoms with van der Waals surface area (Å²) >= 11 is 0. The molecule has 0 saturated carbocycles. The molecule has 1 aliphatic heterocycles. The second-order valence-corrected chi connectivity index (χ2v) is 6.34. The lowest BCUT2D eigenvalue weighted by atomic mass is 10.00. The van der Waals surface area contributed by atoms with Crippen LogP contribution in [0.1, 0.15) is 18.2 Å². The summed E-state index contributed by atoms with van der Waals surface area (Å²) in [5, 5.41) is 14.0. The first kappa shape index (κ1) is 19.7. The van der Waals surface area contributed by atoms with Gasteiger partial charge in [-0.25, -0.2) is 9.07 Å². The third-order valence-corrected chi connectivity index (χ3v) is 4.50. The van der Waals surface area contributed by atoms with E-state index in [0.29, 0.717) is 18.7 Å². The van der Waals surface area contributed by atoms with E-state index in [0.717, 1.165) is 17.1 Å². The summed E-state index contributed by atoms with van der Waals surface area (Å²) in [5.74, 6) is 0.438. The Balaban J connectivity index is 0.000000271. The number of carbonyl (C=O) groups is 1. The summed E-state index contributed by atoms with van der Waals surface area (Å²) < 4.78 is 13.6. The summed E-state index contributed by atoms with van der Waals surface area (Å²) in [7, 11) is 0. The zero-order valence-electron chi connectivity index (χ0n) is 15.6. The van der Waals surface area contributed by atoms with Crippen LogP contribution < -0.4 is 10.6 Å². The monoisotopic (exact) mass is 382 g/mol. The number of amides is 1. The van der Waals surface area contributed by atoms with Crippen molar-refractivity contribution >= 4 is 11.7 Å². The maximum Gasteiger partial charge on any atom is 0.245 e. The highest BCUT2D eigenvalue weighted by atomic mass is 19.1. The van der Waals surface area contributed by atoms with Crippen LogP contribution in [0, 0.1) is 5.82 Å². The first-order valence-corrected chi connectivity index (χ1v) is 9.11. The number of fused-ring (bicyclic) bond motifs is 1. The molecule has 0 saturated heterocycles. The van der Waals surface area contributed by atoms with Crippen LogP contribution in [0.4, 0.5) is 10.2 Å². The summed E-state index contributed by atoms with van der Waals surface area (Å²) in [6.07, 6.45) is 0.410. The fraction of sp³-hybridized carbons (Fsp3) is 0.238. The van der Waals surface area contributed by atoms with Gasteiger partial charge < -0.3 is 10.8 Å². The van der Waals surface area contributed by atoms with Gasteiger partial charge in [0.05, 0.1) is 24.0 Å². The smallest absolute Gasteiger partial charge is 0.245 e. The molecule has 1 unspecified atom stereocenters. The molecule has 1 amide bonds. The molecule has 2 heterocycles. The van der Waals surface area contributed by atoms with Crippen LogP contribution in [-0.4, -0.2) is 33.4 Å². The maximum absolute atomic E-state index is 12.3. The van der Waals surface area contributed by atoms with Crippen LogP contribution in [-0.2, 0) is 17.8 Å². The molecule has 0 aliphatic carbocycles. The van der Waals surface area contributed by atoms with E-state index in [4.69, 9.17) is 5.73 Å². The van der Waals surface area contributed by atoms with E-state index in [1.807, 2.05) is 37.3 Å². The Morgan fingerprint density at radius 3 is 2.25 bits per heavy atom. The molecule has 6 nitrogen and oxygen atoms in total. The second-order valence-electron chi connectivity index (χ2n) is 6.34. The van der Waals surface area contributed by atoms with Crippen LogP contribution in [0.25, 0.3) is 5.69 Å². The molecular weight excluding hydrogens is 359 g/mol. The molecule has 146 valence electrons. The summed E-state index contributed by atoms with van der Waals surface area (Å²) in [6, 6.07) is 16.9. The van der Waals surface area contributed by atoms with E-state index in [2.05, 4.69) is 5.10 Å². The van der Waals surface area contributed by atoms with Gasteiger partial charge in [-0.15, -0.1) is 0 Å². The Hall–Kier alpha value is -3.03. The summed E-state index contributed by atoms with van der Waals surface area (Å²) in [5.41, 5.74) is 8.21. The number of hydrogen-bond acceptors (Lipinski definition) is 4. The third kappa shape index (κ3) is 3.95. The first-order chi connectivity index (χ1) is 13.6. The van der Waals surface area contributed by atoms with Gasteiger partial charge in [0.2, 0.25) is 5.91 Å². The lowest BCUT2D eigenvalue weighted by Gasteiger charge is -2.30. The molecule has 4 rings (SSSR count). The number of nitrogens with two attached hydrogens (primary N) is 1. The minimum absolute atomic E-state index is 0.105. The highest BCUT2D eigenvalue weighted by Crippen LogP contribution is 2.32. The Bertz CT molecular complexity index is 928. The molecule has 3 aromatic rings. The Morgan fingerprint density at radius 1 is 1.14 bits per heavy atom. The molecule has 7 heteroatoms. The molecular formula is C21H23FN4O2. The van der Waals surface area contributed by atoms with Gasteiger partial charge >= 0.3 is 0 Å². The predicted octanol–water partition coefficient (Wildman–Crippen LogP) is 2.43. The molecule has 28 heavy (non-hydrogen) atoms.